The van der Waals surface area contributed by atoms with Crippen LogP contribution in [0.2, 0.25) is 0 Å². The maximum absolute atomic E-state index is 12.2. The molecule has 2 heterocycles. The van der Waals surface area contributed by atoms with Gasteiger partial charge in [-0.2, -0.15) is 5.10 Å². The van der Waals surface area contributed by atoms with Gasteiger partial charge >= 0.3 is 0 Å². The molecule has 6 heteroatoms. The van der Waals surface area contributed by atoms with Crippen LogP contribution < -0.4 is 5.56 Å². The number of H-pyrrole nitrogens is 1. The molecule has 0 saturated heterocycles. The number of hydrogen-bond donors (Lipinski definition) is 1. The molecular formula is C11H16N4OS. The summed E-state index contributed by atoms with van der Waals surface area (Å²) in [6.45, 7) is 4.88. The minimum atomic E-state index is -0.106. The van der Waals surface area contributed by atoms with Gasteiger partial charge in [0.05, 0.1) is 5.52 Å². The predicted molar refractivity (Wildman–Crippen MR) is 69.6 cm³/mol. The van der Waals surface area contributed by atoms with E-state index in [0.29, 0.717) is 28.3 Å². The van der Waals surface area contributed by atoms with Crippen LogP contribution in [-0.2, 0) is 13.6 Å². The zero-order valence-corrected chi connectivity index (χ0v) is 11.0. The molecule has 0 aromatic carbocycles. The molecule has 0 spiro atoms. The van der Waals surface area contributed by atoms with Crippen LogP contribution in [0.25, 0.3) is 11.0 Å². The van der Waals surface area contributed by atoms with Crippen molar-refractivity contribution in [2.24, 2.45) is 13.0 Å². The molecule has 17 heavy (non-hydrogen) atoms. The molecule has 0 aliphatic heterocycles. The van der Waals surface area contributed by atoms with Crippen LogP contribution in [0.3, 0.4) is 0 Å². The van der Waals surface area contributed by atoms with Crippen molar-refractivity contribution in [2.45, 2.75) is 26.8 Å². The minimum Gasteiger partial charge on any atom is -0.329 e. The van der Waals surface area contributed by atoms with E-state index in [-0.39, 0.29) is 5.56 Å². The van der Waals surface area contributed by atoms with Crippen molar-refractivity contribution in [3.05, 3.63) is 21.3 Å². The van der Waals surface area contributed by atoms with Crippen molar-refractivity contribution in [1.29, 1.82) is 0 Å². The molecule has 0 aliphatic carbocycles. The molecule has 1 N–H and O–H groups in total. The van der Waals surface area contributed by atoms with E-state index in [1.807, 2.05) is 0 Å². The smallest absolute Gasteiger partial charge is 0.282 e. The highest BCUT2D eigenvalue weighted by atomic mass is 32.1. The molecule has 0 aliphatic rings. The van der Waals surface area contributed by atoms with E-state index in [9.17, 15) is 4.79 Å². The Morgan fingerprint density at radius 3 is 2.88 bits per heavy atom. The molecule has 0 bridgehead atoms. The number of fused-ring (bicyclic) bond motifs is 1. The Balaban J connectivity index is 2.56. The molecule has 0 radical (unpaired) electrons. The number of aromatic amines is 1. The second-order valence-corrected chi connectivity index (χ2v) is 5.02. The van der Waals surface area contributed by atoms with Gasteiger partial charge in [0.25, 0.3) is 5.56 Å². The maximum atomic E-state index is 12.2. The van der Waals surface area contributed by atoms with Crippen LogP contribution in [0, 0.1) is 10.7 Å². The maximum Gasteiger partial charge on any atom is 0.282 e. The molecule has 0 atom stereocenters. The molecule has 0 saturated carbocycles. The highest BCUT2D eigenvalue weighted by Gasteiger charge is 2.09. The topological polar surface area (TPSA) is 55.6 Å². The first-order valence-corrected chi connectivity index (χ1v) is 6.06. The summed E-state index contributed by atoms with van der Waals surface area (Å²) in [4.78, 5) is 15.2. The van der Waals surface area contributed by atoms with Crippen LogP contribution >= 0.6 is 12.2 Å². The summed E-state index contributed by atoms with van der Waals surface area (Å²) in [6.07, 6.45) is 2.69. The fraction of sp³-hybridized carbons (Fsp3) is 0.545. The van der Waals surface area contributed by atoms with Gasteiger partial charge in [0.2, 0.25) is 0 Å². The van der Waals surface area contributed by atoms with E-state index in [4.69, 9.17) is 12.2 Å². The van der Waals surface area contributed by atoms with Gasteiger partial charge in [-0.3, -0.25) is 14.0 Å². The van der Waals surface area contributed by atoms with Crippen LogP contribution in [0.4, 0.5) is 0 Å². The molecule has 92 valence electrons. The normalized spacial score (nSPS) is 11.5. The van der Waals surface area contributed by atoms with Crippen molar-refractivity contribution >= 4 is 23.3 Å². The number of hydrogen-bond acceptors (Lipinski definition) is 3. The van der Waals surface area contributed by atoms with Crippen LogP contribution in [0.5, 0.6) is 0 Å². The van der Waals surface area contributed by atoms with E-state index < -0.39 is 0 Å². The third kappa shape index (κ3) is 2.31. The van der Waals surface area contributed by atoms with Gasteiger partial charge in [-0.15, -0.1) is 0 Å². The molecule has 0 amide bonds. The van der Waals surface area contributed by atoms with Gasteiger partial charge in [-0.1, -0.05) is 13.8 Å². The minimum absolute atomic E-state index is 0.106. The van der Waals surface area contributed by atoms with Crippen LogP contribution in [0.15, 0.2) is 11.0 Å². The Hall–Kier alpha value is -1.43. The Labute approximate surface area is 104 Å². The van der Waals surface area contributed by atoms with Gasteiger partial charge in [-0.25, -0.2) is 0 Å². The van der Waals surface area contributed by atoms with Gasteiger partial charge in [0, 0.05) is 19.8 Å². The molecule has 5 nitrogen and oxygen atoms in total. The number of nitrogens with zero attached hydrogens (tertiary/aromatic N) is 3. The lowest BCUT2D eigenvalue weighted by molar-refractivity contribution is 0.502. The number of aromatic nitrogens is 4. The molecule has 2 aromatic heterocycles. The number of aryl methyl sites for hydroxylation is 1. The predicted octanol–water partition coefficient (Wildman–Crippen LogP) is 1.84. The van der Waals surface area contributed by atoms with Crippen molar-refractivity contribution < 1.29 is 0 Å². The van der Waals surface area contributed by atoms with Gasteiger partial charge in [0.15, 0.2) is 10.3 Å². The van der Waals surface area contributed by atoms with Gasteiger partial charge < -0.3 is 4.98 Å². The zero-order chi connectivity index (χ0) is 12.6. The zero-order valence-electron chi connectivity index (χ0n) is 10.2. The van der Waals surface area contributed by atoms with E-state index in [0.717, 1.165) is 6.42 Å². The van der Waals surface area contributed by atoms with E-state index in [2.05, 4.69) is 23.9 Å². The SMILES string of the molecule is CC(C)CCn1c(=S)[nH]c2cn(C)nc2c1=O. The Bertz CT molecular complexity index is 650. The molecule has 2 aromatic rings. The summed E-state index contributed by atoms with van der Waals surface area (Å²) in [5, 5.41) is 4.15. The summed E-state index contributed by atoms with van der Waals surface area (Å²) in [5.41, 5.74) is 1.04. The monoisotopic (exact) mass is 252 g/mol. The van der Waals surface area contributed by atoms with Crippen molar-refractivity contribution in [3.8, 4) is 0 Å². The van der Waals surface area contributed by atoms with Crippen molar-refractivity contribution in [3.63, 3.8) is 0 Å². The molecule has 2 rings (SSSR count). The first-order chi connectivity index (χ1) is 7.99. The molecular weight excluding hydrogens is 236 g/mol. The Morgan fingerprint density at radius 1 is 1.53 bits per heavy atom. The second-order valence-electron chi connectivity index (χ2n) is 4.63. The lowest BCUT2D eigenvalue weighted by Crippen LogP contribution is -2.23. The highest BCUT2D eigenvalue weighted by molar-refractivity contribution is 7.71. The van der Waals surface area contributed by atoms with Crippen LogP contribution in [-0.4, -0.2) is 19.3 Å². The van der Waals surface area contributed by atoms with Gasteiger partial charge in [-0.05, 0) is 24.6 Å². The highest BCUT2D eigenvalue weighted by Crippen LogP contribution is 2.06. The summed E-state index contributed by atoms with van der Waals surface area (Å²) < 4.78 is 3.67. The quantitative estimate of drug-likeness (QED) is 0.848. The third-order valence-electron chi connectivity index (χ3n) is 2.69. The second kappa shape index (κ2) is 4.44. The van der Waals surface area contributed by atoms with E-state index >= 15 is 0 Å². The van der Waals surface area contributed by atoms with Gasteiger partial charge in [0.1, 0.15) is 0 Å². The first-order valence-electron chi connectivity index (χ1n) is 5.65. The van der Waals surface area contributed by atoms with Crippen molar-refractivity contribution in [2.75, 3.05) is 0 Å². The summed E-state index contributed by atoms with van der Waals surface area (Å²) in [7, 11) is 1.79. The molecule has 0 unspecified atom stereocenters. The van der Waals surface area contributed by atoms with E-state index in [1.54, 1.807) is 22.5 Å². The summed E-state index contributed by atoms with van der Waals surface area (Å²) >= 11 is 5.20. The Morgan fingerprint density at radius 2 is 2.24 bits per heavy atom. The van der Waals surface area contributed by atoms with Crippen molar-refractivity contribution in [1.82, 2.24) is 19.3 Å². The lowest BCUT2D eigenvalue weighted by Gasteiger charge is -2.07. The number of nitrogens with one attached hydrogen (secondary N) is 1. The summed E-state index contributed by atoms with van der Waals surface area (Å²) in [5.74, 6) is 0.538. The largest absolute Gasteiger partial charge is 0.329 e. The third-order valence-corrected chi connectivity index (χ3v) is 3.02. The van der Waals surface area contributed by atoms with E-state index in [1.165, 1.54) is 0 Å². The fourth-order valence-electron chi connectivity index (χ4n) is 1.73. The summed E-state index contributed by atoms with van der Waals surface area (Å²) in [6, 6.07) is 0. The first kappa shape index (κ1) is 12.0. The average Bonchev–Trinajstić information content (AvgIpc) is 2.58. The standard InChI is InChI=1S/C11H16N4OS/c1-7(2)4-5-15-10(16)9-8(12-11(15)17)6-14(3)13-9/h6-7H,4-5H2,1-3H3,(H,12,17). The van der Waals surface area contributed by atoms with Crippen LogP contribution in [0.1, 0.15) is 20.3 Å². The Kier molecular flexibility index (Phi) is 3.15. The fourth-order valence-corrected chi connectivity index (χ4v) is 2.02. The average molecular weight is 252 g/mol. The molecule has 0 fully saturated rings. The number of rotatable bonds is 3. The lowest BCUT2D eigenvalue weighted by atomic mass is 10.1.